The standard InChI is InChI=1S/C14H13ClN4O3S2/c1-8-16-12-11(13(15)17-8)18-19(23-3)14(12)24(20,21)10-6-4-9(22-2)5-7-10/h4-7H,1-3H3. The highest BCUT2D eigenvalue weighted by Gasteiger charge is 2.29. The minimum atomic E-state index is -3.85. The number of methoxy groups -OCH3 is 1. The lowest BCUT2D eigenvalue weighted by molar-refractivity contribution is 0.414. The van der Waals surface area contributed by atoms with Crippen molar-refractivity contribution in [3.05, 3.63) is 35.2 Å². The van der Waals surface area contributed by atoms with E-state index in [0.29, 0.717) is 11.6 Å². The van der Waals surface area contributed by atoms with E-state index >= 15 is 0 Å². The Labute approximate surface area is 148 Å². The highest BCUT2D eigenvalue weighted by atomic mass is 35.5. The van der Waals surface area contributed by atoms with Crippen molar-refractivity contribution in [1.29, 1.82) is 0 Å². The van der Waals surface area contributed by atoms with Gasteiger partial charge in [-0.15, -0.1) is 0 Å². The van der Waals surface area contributed by atoms with E-state index in [1.807, 2.05) is 0 Å². The average molecular weight is 385 g/mol. The van der Waals surface area contributed by atoms with Crippen LogP contribution < -0.4 is 4.74 Å². The molecule has 126 valence electrons. The van der Waals surface area contributed by atoms with Gasteiger partial charge in [0.15, 0.2) is 15.7 Å². The number of aromatic nitrogens is 4. The summed E-state index contributed by atoms with van der Waals surface area (Å²) in [5.74, 6) is 0.942. The van der Waals surface area contributed by atoms with E-state index in [1.54, 1.807) is 25.3 Å². The molecule has 0 saturated heterocycles. The third-order valence-electron chi connectivity index (χ3n) is 3.32. The van der Waals surface area contributed by atoms with Crippen molar-refractivity contribution >= 4 is 44.4 Å². The van der Waals surface area contributed by atoms with Crippen molar-refractivity contribution < 1.29 is 13.2 Å². The third-order valence-corrected chi connectivity index (χ3v) is 6.07. The molecule has 0 N–H and O–H groups in total. The Balaban J connectivity index is 2.30. The summed E-state index contributed by atoms with van der Waals surface area (Å²) in [6, 6.07) is 6.13. The van der Waals surface area contributed by atoms with Gasteiger partial charge < -0.3 is 4.74 Å². The van der Waals surface area contributed by atoms with E-state index in [1.165, 1.54) is 23.3 Å². The predicted molar refractivity (Wildman–Crippen MR) is 92.4 cm³/mol. The van der Waals surface area contributed by atoms with Crippen molar-refractivity contribution in [2.75, 3.05) is 13.4 Å². The number of rotatable bonds is 4. The summed E-state index contributed by atoms with van der Waals surface area (Å²) >= 11 is 7.23. The van der Waals surface area contributed by atoms with Gasteiger partial charge in [-0.05, 0) is 43.1 Å². The molecule has 0 aliphatic heterocycles. The molecule has 0 radical (unpaired) electrons. The zero-order valence-electron chi connectivity index (χ0n) is 13.0. The molecular formula is C14H13ClN4O3S2. The van der Waals surface area contributed by atoms with Crippen molar-refractivity contribution in [2.24, 2.45) is 0 Å². The molecule has 0 unspecified atom stereocenters. The van der Waals surface area contributed by atoms with E-state index in [0.717, 1.165) is 11.9 Å². The van der Waals surface area contributed by atoms with Gasteiger partial charge in [0.1, 0.15) is 17.1 Å². The molecule has 7 nitrogen and oxygen atoms in total. The van der Waals surface area contributed by atoms with Crippen molar-refractivity contribution in [3.63, 3.8) is 0 Å². The minimum absolute atomic E-state index is 0.0254. The summed E-state index contributed by atoms with van der Waals surface area (Å²) in [5, 5.41) is 4.31. The summed E-state index contributed by atoms with van der Waals surface area (Å²) in [7, 11) is -2.33. The summed E-state index contributed by atoms with van der Waals surface area (Å²) in [6.45, 7) is 1.64. The first kappa shape index (κ1) is 17.0. The van der Waals surface area contributed by atoms with Gasteiger partial charge in [-0.1, -0.05) is 11.6 Å². The second-order valence-corrected chi connectivity index (χ2v) is 7.73. The quantitative estimate of drug-likeness (QED) is 0.639. The van der Waals surface area contributed by atoms with Gasteiger partial charge in [-0.25, -0.2) is 18.4 Å². The van der Waals surface area contributed by atoms with Crippen LogP contribution in [0, 0.1) is 6.92 Å². The number of hydrogen-bond acceptors (Lipinski definition) is 7. The second kappa shape index (κ2) is 6.23. The summed E-state index contributed by atoms with van der Waals surface area (Å²) in [5.41, 5.74) is 0.460. The zero-order chi connectivity index (χ0) is 17.5. The van der Waals surface area contributed by atoms with Gasteiger partial charge >= 0.3 is 0 Å². The number of halogens is 1. The molecule has 0 atom stereocenters. The van der Waals surface area contributed by atoms with Gasteiger partial charge in [0.2, 0.25) is 9.84 Å². The van der Waals surface area contributed by atoms with Crippen LogP contribution in [0.3, 0.4) is 0 Å². The van der Waals surface area contributed by atoms with Crippen LogP contribution in [-0.4, -0.2) is 40.9 Å². The van der Waals surface area contributed by atoms with Crippen LogP contribution in [0.25, 0.3) is 11.0 Å². The van der Waals surface area contributed by atoms with Gasteiger partial charge in [-0.2, -0.15) is 9.19 Å². The molecule has 2 aromatic heterocycles. The van der Waals surface area contributed by atoms with E-state index in [-0.39, 0.29) is 26.1 Å². The Morgan fingerprint density at radius 1 is 1.17 bits per heavy atom. The molecule has 0 fully saturated rings. The number of hydrogen-bond donors (Lipinski definition) is 0. The van der Waals surface area contributed by atoms with Crippen LogP contribution in [-0.2, 0) is 9.84 Å². The normalized spacial score (nSPS) is 11.8. The Bertz CT molecular complexity index is 1020. The summed E-state index contributed by atoms with van der Waals surface area (Å²) in [6.07, 6.45) is 1.72. The van der Waals surface area contributed by atoms with Crippen LogP contribution in [0.2, 0.25) is 5.15 Å². The molecule has 0 aliphatic rings. The lowest BCUT2D eigenvalue weighted by atomic mass is 10.3. The SMILES string of the molecule is COc1ccc(S(=O)(=O)c2c3nc(C)nc(Cl)c3nn2SC)cc1. The maximum Gasteiger partial charge on any atom is 0.226 e. The minimum Gasteiger partial charge on any atom is -0.497 e. The van der Waals surface area contributed by atoms with Crippen LogP contribution in [0.4, 0.5) is 0 Å². The van der Waals surface area contributed by atoms with E-state index in [2.05, 4.69) is 15.1 Å². The predicted octanol–water partition coefficient (Wildman–Crippen LogP) is 2.76. The van der Waals surface area contributed by atoms with E-state index in [9.17, 15) is 8.42 Å². The number of ether oxygens (including phenoxy) is 1. The van der Waals surface area contributed by atoms with Gasteiger partial charge in [-0.3, -0.25) is 0 Å². The molecule has 0 aliphatic carbocycles. The van der Waals surface area contributed by atoms with Gasteiger partial charge in [0.25, 0.3) is 0 Å². The van der Waals surface area contributed by atoms with Crippen molar-refractivity contribution in [1.82, 2.24) is 19.2 Å². The Hall–Kier alpha value is -1.84. The lowest BCUT2D eigenvalue weighted by Crippen LogP contribution is -2.08. The number of fused-ring (bicyclic) bond motifs is 1. The fraction of sp³-hybridized carbons (Fsp3) is 0.214. The number of nitrogens with zero attached hydrogens (tertiary/aromatic N) is 4. The van der Waals surface area contributed by atoms with Gasteiger partial charge in [0, 0.05) is 6.26 Å². The molecule has 3 aromatic rings. The summed E-state index contributed by atoms with van der Waals surface area (Å²) < 4.78 is 32.5. The lowest BCUT2D eigenvalue weighted by Gasteiger charge is -2.07. The Morgan fingerprint density at radius 2 is 1.83 bits per heavy atom. The Morgan fingerprint density at radius 3 is 2.42 bits per heavy atom. The van der Waals surface area contributed by atoms with E-state index in [4.69, 9.17) is 16.3 Å². The number of sulfone groups is 1. The molecule has 0 amide bonds. The first-order valence-electron chi connectivity index (χ1n) is 6.75. The van der Waals surface area contributed by atoms with Crippen LogP contribution in [0.5, 0.6) is 5.75 Å². The third kappa shape index (κ3) is 2.72. The zero-order valence-corrected chi connectivity index (χ0v) is 15.4. The highest BCUT2D eigenvalue weighted by molar-refractivity contribution is 7.98. The van der Waals surface area contributed by atoms with Crippen molar-refractivity contribution in [2.45, 2.75) is 16.8 Å². The van der Waals surface area contributed by atoms with E-state index < -0.39 is 9.84 Å². The van der Waals surface area contributed by atoms with Crippen LogP contribution >= 0.6 is 23.5 Å². The molecule has 24 heavy (non-hydrogen) atoms. The van der Waals surface area contributed by atoms with Crippen molar-refractivity contribution in [3.8, 4) is 5.75 Å². The number of benzene rings is 1. The van der Waals surface area contributed by atoms with Crippen LogP contribution in [0.1, 0.15) is 5.82 Å². The molecular weight excluding hydrogens is 372 g/mol. The molecule has 0 saturated carbocycles. The fourth-order valence-electron chi connectivity index (χ4n) is 2.22. The molecule has 0 spiro atoms. The average Bonchev–Trinajstić information content (AvgIpc) is 2.94. The molecule has 1 aromatic carbocycles. The highest BCUT2D eigenvalue weighted by Crippen LogP contribution is 2.32. The second-order valence-electron chi connectivity index (χ2n) is 4.80. The van der Waals surface area contributed by atoms with Gasteiger partial charge in [0.05, 0.1) is 12.0 Å². The Kier molecular flexibility index (Phi) is 4.41. The summed E-state index contributed by atoms with van der Waals surface area (Å²) in [4.78, 5) is 8.38. The molecule has 2 heterocycles. The largest absolute Gasteiger partial charge is 0.497 e. The molecule has 0 bridgehead atoms. The first-order valence-corrected chi connectivity index (χ1v) is 9.79. The molecule has 3 rings (SSSR count). The fourth-order valence-corrected chi connectivity index (χ4v) is 4.76. The monoisotopic (exact) mass is 384 g/mol. The topological polar surface area (TPSA) is 87.0 Å². The molecule has 10 heteroatoms. The first-order chi connectivity index (χ1) is 11.4. The maximum atomic E-state index is 13.1. The number of aryl methyl sites for hydroxylation is 1. The maximum absolute atomic E-state index is 13.1. The smallest absolute Gasteiger partial charge is 0.226 e. The van der Waals surface area contributed by atoms with Crippen LogP contribution in [0.15, 0.2) is 34.2 Å².